The quantitative estimate of drug-likeness (QED) is 0.313. The number of carboxylic acids is 1. The van der Waals surface area contributed by atoms with Gasteiger partial charge in [0.1, 0.15) is 13.2 Å². The van der Waals surface area contributed by atoms with Gasteiger partial charge in [0.25, 0.3) is 0 Å². The molecular weight excluding hydrogens is 677 g/mol. The van der Waals surface area contributed by atoms with Crippen LogP contribution in [0.4, 0.5) is 0 Å². The number of rotatable bonds is 8. The van der Waals surface area contributed by atoms with Gasteiger partial charge in [0.2, 0.25) is 0 Å². The molecule has 0 atom stereocenters. The van der Waals surface area contributed by atoms with Crippen LogP contribution < -0.4 is 9.47 Å². The van der Waals surface area contributed by atoms with Gasteiger partial charge in [-0.15, -0.1) is 0 Å². The number of allylic oxidation sites excluding steroid dienone is 4. The highest BCUT2D eigenvalue weighted by Crippen LogP contribution is 2.50. The molecule has 0 amide bonds. The summed E-state index contributed by atoms with van der Waals surface area (Å²) in [5.41, 5.74) is 4.40. The molecule has 0 saturated carbocycles. The molecule has 0 fully saturated rings. The lowest BCUT2D eigenvalue weighted by atomic mass is 9.71. The lowest BCUT2D eigenvalue weighted by molar-refractivity contribution is -0.138. The molecule has 0 bridgehead atoms. The molecule has 1 aliphatic heterocycles. The van der Waals surface area contributed by atoms with Gasteiger partial charge in [0.15, 0.2) is 23.1 Å². The molecular formula is C30H29BrINO6. The van der Waals surface area contributed by atoms with Crippen LogP contribution >= 0.6 is 38.5 Å². The van der Waals surface area contributed by atoms with Crippen molar-refractivity contribution in [1.82, 2.24) is 4.90 Å². The van der Waals surface area contributed by atoms with Gasteiger partial charge >= 0.3 is 5.97 Å². The molecule has 39 heavy (non-hydrogen) atoms. The third-order valence-electron chi connectivity index (χ3n) is 7.34. The minimum absolute atomic E-state index is 0.0231. The molecule has 204 valence electrons. The number of hydrogen-bond acceptors (Lipinski definition) is 6. The molecule has 1 heterocycles. The average molecular weight is 706 g/mol. The van der Waals surface area contributed by atoms with Gasteiger partial charge in [-0.05, 0) is 90.6 Å². The fraction of sp³-hybridized carbons (Fsp3) is 0.367. The summed E-state index contributed by atoms with van der Waals surface area (Å²) in [6, 6.07) is 11.8. The molecule has 2 aromatic rings. The second-order valence-corrected chi connectivity index (χ2v) is 11.9. The first-order valence-electron chi connectivity index (χ1n) is 13.1. The lowest BCUT2D eigenvalue weighted by Crippen LogP contribution is -2.41. The Kier molecular flexibility index (Phi) is 8.46. The van der Waals surface area contributed by atoms with Crippen molar-refractivity contribution >= 4 is 56.1 Å². The van der Waals surface area contributed by atoms with E-state index in [2.05, 4.69) is 38.5 Å². The van der Waals surface area contributed by atoms with Gasteiger partial charge in [-0.3, -0.25) is 14.4 Å². The van der Waals surface area contributed by atoms with Crippen LogP contribution in [-0.2, 0) is 21.0 Å². The molecule has 2 aromatic carbocycles. The van der Waals surface area contributed by atoms with Gasteiger partial charge in [0.05, 0.1) is 10.2 Å². The zero-order valence-electron chi connectivity index (χ0n) is 21.6. The van der Waals surface area contributed by atoms with Crippen LogP contribution in [0.3, 0.4) is 0 Å². The van der Waals surface area contributed by atoms with Crippen LogP contribution in [0.1, 0.15) is 62.5 Å². The van der Waals surface area contributed by atoms with Crippen LogP contribution in [0.25, 0.3) is 0 Å². The standard InChI is InChI=1S/C30H29BrINO6/c1-2-38-25-14-18(13-20(32)30(25)39-16-17-9-11-19(31)12-10-17)27-28-21(5-3-7-23(28)34)33(15-26(36)37)22-6-4-8-24(35)29(22)27/h9-14,27H,2-8,15-16H2,1H3,(H,36,37). The predicted molar refractivity (Wildman–Crippen MR) is 158 cm³/mol. The van der Waals surface area contributed by atoms with Gasteiger partial charge in [-0.1, -0.05) is 28.1 Å². The Labute approximate surface area is 249 Å². The SMILES string of the molecule is CCOc1cc(C2C3=C(CCCC3=O)N(CC(=O)O)C3=C2C(=O)CCC3)cc(I)c1OCc1ccc(Br)cc1. The minimum Gasteiger partial charge on any atom is -0.490 e. The molecule has 0 unspecified atom stereocenters. The Bertz CT molecular complexity index is 1350. The number of halogens is 2. The number of carboxylic acid groups (broad SMARTS) is 1. The van der Waals surface area contributed by atoms with E-state index < -0.39 is 11.9 Å². The number of ether oxygens (including phenoxy) is 2. The third-order valence-corrected chi connectivity index (χ3v) is 8.67. The highest BCUT2D eigenvalue weighted by atomic mass is 127. The molecule has 2 aliphatic carbocycles. The van der Waals surface area contributed by atoms with Crippen molar-refractivity contribution < 1.29 is 29.0 Å². The van der Waals surface area contributed by atoms with E-state index in [1.807, 2.05) is 43.3 Å². The highest BCUT2D eigenvalue weighted by Gasteiger charge is 2.44. The molecule has 5 rings (SSSR count). The van der Waals surface area contributed by atoms with Crippen LogP contribution in [0, 0.1) is 3.57 Å². The summed E-state index contributed by atoms with van der Waals surface area (Å²) in [5, 5.41) is 9.68. The van der Waals surface area contributed by atoms with Crippen molar-refractivity contribution in [2.24, 2.45) is 0 Å². The van der Waals surface area contributed by atoms with E-state index in [0.29, 0.717) is 74.4 Å². The van der Waals surface area contributed by atoms with Crippen molar-refractivity contribution in [3.8, 4) is 11.5 Å². The number of Topliss-reactive ketones (excluding diaryl/α,β-unsaturated/α-hetero) is 2. The molecule has 0 saturated heterocycles. The first-order valence-corrected chi connectivity index (χ1v) is 15.0. The number of carbonyl (C=O) groups is 3. The summed E-state index contributed by atoms with van der Waals surface area (Å²) in [4.78, 5) is 40.4. The molecule has 9 heteroatoms. The monoisotopic (exact) mass is 705 g/mol. The van der Waals surface area contributed by atoms with E-state index >= 15 is 0 Å². The Balaban J connectivity index is 1.61. The summed E-state index contributed by atoms with van der Waals surface area (Å²) < 4.78 is 14.1. The smallest absolute Gasteiger partial charge is 0.323 e. The van der Waals surface area contributed by atoms with Crippen molar-refractivity contribution in [3.05, 3.63) is 78.1 Å². The first kappa shape index (κ1) is 27.9. The maximum absolute atomic E-state index is 13.4. The second-order valence-electron chi connectivity index (χ2n) is 9.87. The molecule has 0 spiro atoms. The second kappa shape index (κ2) is 11.8. The van der Waals surface area contributed by atoms with Crippen LogP contribution in [0.15, 0.2) is 63.4 Å². The lowest BCUT2D eigenvalue weighted by Gasteiger charge is -2.43. The Morgan fingerprint density at radius 1 is 1.00 bits per heavy atom. The zero-order chi connectivity index (χ0) is 27.7. The van der Waals surface area contributed by atoms with Crippen molar-refractivity contribution in [2.75, 3.05) is 13.2 Å². The Morgan fingerprint density at radius 3 is 2.18 bits per heavy atom. The van der Waals surface area contributed by atoms with Gasteiger partial charge < -0.3 is 19.5 Å². The van der Waals surface area contributed by atoms with E-state index in [1.165, 1.54) is 0 Å². The fourth-order valence-electron chi connectivity index (χ4n) is 5.77. The summed E-state index contributed by atoms with van der Waals surface area (Å²) >= 11 is 5.67. The van der Waals surface area contributed by atoms with Gasteiger partial charge in [-0.25, -0.2) is 0 Å². The summed E-state index contributed by atoms with van der Waals surface area (Å²) in [6.45, 7) is 2.43. The summed E-state index contributed by atoms with van der Waals surface area (Å²) in [6.07, 6.45) is 3.33. The average Bonchev–Trinajstić information content (AvgIpc) is 2.90. The maximum Gasteiger partial charge on any atom is 0.323 e. The maximum atomic E-state index is 13.4. The largest absolute Gasteiger partial charge is 0.490 e. The van der Waals surface area contributed by atoms with E-state index in [4.69, 9.17) is 9.47 Å². The fourth-order valence-corrected chi connectivity index (χ4v) is 6.82. The van der Waals surface area contributed by atoms with E-state index in [1.54, 1.807) is 4.90 Å². The topological polar surface area (TPSA) is 93.1 Å². The number of benzene rings is 2. The Morgan fingerprint density at radius 2 is 1.62 bits per heavy atom. The first-order chi connectivity index (χ1) is 18.8. The van der Waals surface area contributed by atoms with Gasteiger partial charge in [0, 0.05) is 45.8 Å². The normalized spacial score (nSPS) is 17.8. The van der Waals surface area contributed by atoms with Gasteiger partial charge in [-0.2, -0.15) is 0 Å². The highest BCUT2D eigenvalue weighted by molar-refractivity contribution is 14.1. The van der Waals surface area contributed by atoms with E-state index in [0.717, 1.165) is 30.6 Å². The Hall–Kier alpha value is -2.66. The number of nitrogens with zero attached hydrogens (tertiary/aromatic N) is 1. The van der Waals surface area contributed by atoms with E-state index in [9.17, 15) is 19.5 Å². The van der Waals surface area contributed by atoms with Crippen LogP contribution in [0.5, 0.6) is 11.5 Å². The number of hydrogen-bond donors (Lipinski definition) is 1. The molecule has 7 nitrogen and oxygen atoms in total. The zero-order valence-corrected chi connectivity index (χ0v) is 25.3. The molecule has 0 radical (unpaired) electrons. The predicted octanol–water partition coefficient (Wildman–Crippen LogP) is 6.53. The summed E-state index contributed by atoms with van der Waals surface area (Å²) in [7, 11) is 0. The number of ketones is 2. The number of carbonyl (C=O) groups excluding carboxylic acids is 2. The van der Waals surface area contributed by atoms with Crippen molar-refractivity contribution in [2.45, 2.75) is 58.0 Å². The van der Waals surface area contributed by atoms with Crippen molar-refractivity contribution in [1.29, 1.82) is 0 Å². The number of aliphatic carboxylic acids is 1. The van der Waals surface area contributed by atoms with E-state index in [-0.39, 0.29) is 18.1 Å². The third kappa shape index (κ3) is 5.66. The summed E-state index contributed by atoms with van der Waals surface area (Å²) in [5.74, 6) is -0.409. The van der Waals surface area contributed by atoms with Crippen LogP contribution in [0.2, 0.25) is 0 Å². The molecule has 1 N–H and O–H groups in total. The molecule has 3 aliphatic rings. The van der Waals surface area contributed by atoms with Crippen molar-refractivity contribution in [3.63, 3.8) is 0 Å². The minimum atomic E-state index is -0.983. The van der Waals surface area contributed by atoms with Crippen LogP contribution in [-0.4, -0.2) is 40.7 Å². The molecule has 0 aromatic heterocycles.